The zero-order valence-electron chi connectivity index (χ0n) is 8.92. The van der Waals surface area contributed by atoms with E-state index in [1.807, 2.05) is 19.1 Å². The van der Waals surface area contributed by atoms with Crippen molar-refractivity contribution in [2.75, 3.05) is 0 Å². The average Bonchev–Trinajstić information content (AvgIpc) is 3.03. The smallest absolute Gasteiger partial charge is 0.136 e. The molecule has 0 N–H and O–H groups in total. The number of hydrogen-bond donors (Lipinski definition) is 0. The monoisotopic (exact) mass is 222 g/mol. The van der Waals surface area contributed by atoms with E-state index in [9.17, 15) is 4.79 Å². The van der Waals surface area contributed by atoms with E-state index in [1.165, 1.54) is 5.56 Å². The fourth-order valence-electron chi connectivity index (χ4n) is 1.74. The van der Waals surface area contributed by atoms with Crippen molar-refractivity contribution in [3.05, 3.63) is 34.3 Å². The van der Waals surface area contributed by atoms with Crippen LogP contribution in [-0.4, -0.2) is 5.78 Å². The van der Waals surface area contributed by atoms with Crippen molar-refractivity contribution in [1.29, 1.82) is 0 Å². The van der Waals surface area contributed by atoms with Crippen LogP contribution in [0.1, 0.15) is 30.4 Å². The molecule has 0 heterocycles. The lowest BCUT2D eigenvalue weighted by Gasteiger charge is -2.03. The molecule has 0 aliphatic heterocycles. The molecule has 1 saturated carbocycles. The molecule has 0 saturated heterocycles. The Labute approximate surface area is 95.4 Å². The van der Waals surface area contributed by atoms with Gasteiger partial charge in [-0.1, -0.05) is 23.7 Å². The molecule has 80 valence electrons. The second-order valence-corrected chi connectivity index (χ2v) is 4.73. The van der Waals surface area contributed by atoms with E-state index in [4.69, 9.17) is 11.6 Å². The van der Waals surface area contributed by atoms with Gasteiger partial charge in [-0.15, -0.1) is 0 Å². The van der Waals surface area contributed by atoms with Gasteiger partial charge in [-0.3, -0.25) is 4.79 Å². The summed E-state index contributed by atoms with van der Waals surface area (Å²) in [7, 11) is 0. The minimum Gasteiger partial charge on any atom is -0.299 e. The fourth-order valence-corrected chi connectivity index (χ4v) is 1.86. The predicted octanol–water partition coefficient (Wildman–Crippen LogP) is 3.56. The standard InChI is InChI=1S/C13H15ClO/c1-9-8-10(2-6-12(9)14)3-7-13(15)11-4-5-11/h2,6,8,11H,3-5,7H2,1H3. The Balaban J connectivity index is 1.92. The van der Waals surface area contributed by atoms with E-state index in [2.05, 4.69) is 6.07 Å². The highest BCUT2D eigenvalue weighted by atomic mass is 35.5. The molecule has 1 aliphatic carbocycles. The summed E-state index contributed by atoms with van der Waals surface area (Å²) < 4.78 is 0. The molecule has 0 atom stereocenters. The third kappa shape index (κ3) is 2.82. The molecule has 1 aromatic rings. The fraction of sp³-hybridized carbons (Fsp3) is 0.462. The average molecular weight is 223 g/mol. The highest BCUT2D eigenvalue weighted by molar-refractivity contribution is 6.31. The van der Waals surface area contributed by atoms with Gasteiger partial charge in [0.2, 0.25) is 0 Å². The van der Waals surface area contributed by atoms with Crippen molar-refractivity contribution in [2.24, 2.45) is 5.92 Å². The number of aryl methyl sites for hydroxylation is 2. The van der Waals surface area contributed by atoms with Crippen LogP contribution >= 0.6 is 11.6 Å². The molecule has 1 aromatic carbocycles. The normalized spacial score (nSPS) is 15.3. The Kier molecular flexibility index (Phi) is 3.11. The molecule has 1 aliphatic rings. The maximum absolute atomic E-state index is 11.5. The van der Waals surface area contributed by atoms with Crippen LogP contribution in [0.4, 0.5) is 0 Å². The number of rotatable bonds is 4. The van der Waals surface area contributed by atoms with E-state index in [-0.39, 0.29) is 0 Å². The highest BCUT2D eigenvalue weighted by Crippen LogP contribution is 2.31. The molecular formula is C13H15ClO. The number of carbonyl (C=O) groups excluding carboxylic acids is 1. The molecule has 2 rings (SSSR count). The molecular weight excluding hydrogens is 208 g/mol. The molecule has 0 unspecified atom stereocenters. The summed E-state index contributed by atoms with van der Waals surface area (Å²) in [4.78, 5) is 11.5. The Hall–Kier alpha value is -0.820. The van der Waals surface area contributed by atoms with Crippen LogP contribution in [0.15, 0.2) is 18.2 Å². The highest BCUT2D eigenvalue weighted by Gasteiger charge is 2.28. The molecule has 0 radical (unpaired) electrons. The summed E-state index contributed by atoms with van der Waals surface area (Å²) in [6.07, 6.45) is 3.76. The van der Waals surface area contributed by atoms with Gasteiger partial charge in [0.15, 0.2) is 0 Å². The number of Topliss-reactive ketones (excluding diaryl/α,β-unsaturated/α-hetero) is 1. The third-order valence-electron chi connectivity index (χ3n) is 2.92. The van der Waals surface area contributed by atoms with Crippen molar-refractivity contribution in [3.63, 3.8) is 0 Å². The SMILES string of the molecule is Cc1cc(CCC(=O)C2CC2)ccc1Cl. The van der Waals surface area contributed by atoms with Crippen molar-refractivity contribution in [2.45, 2.75) is 32.6 Å². The Morgan fingerprint density at radius 3 is 2.80 bits per heavy atom. The lowest BCUT2D eigenvalue weighted by molar-refractivity contribution is -0.120. The molecule has 2 heteroatoms. The summed E-state index contributed by atoms with van der Waals surface area (Å²) in [6.45, 7) is 1.99. The molecule has 15 heavy (non-hydrogen) atoms. The van der Waals surface area contributed by atoms with E-state index >= 15 is 0 Å². The largest absolute Gasteiger partial charge is 0.299 e. The van der Waals surface area contributed by atoms with Crippen LogP contribution in [0.3, 0.4) is 0 Å². The maximum Gasteiger partial charge on any atom is 0.136 e. The summed E-state index contributed by atoms with van der Waals surface area (Å²) >= 11 is 5.94. The van der Waals surface area contributed by atoms with Gasteiger partial charge < -0.3 is 0 Å². The quantitative estimate of drug-likeness (QED) is 0.762. The Morgan fingerprint density at radius 1 is 1.47 bits per heavy atom. The number of halogens is 1. The van der Waals surface area contributed by atoms with E-state index < -0.39 is 0 Å². The third-order valence-corrected chi connectivity index (χ3v) is 3.34. The molecule has 0 spiro atoms. The van der Waals surface area contributed by atoms with Crippen molar-refractivity contribution < 1.29 is 4.79 Å². The first-order valence-corrected chi connectivity index (χ1v) is 5.82. The molecule has 0 bridgehead atoms. The molecule has 0 aromatic heterocycles. The second kappa shape index (κ2) is 4.36. The number of ketones is 1. The van der Waals surface area contributed by atoms with Crippen molar-refractivity contribution in [3.8, 4) is 0 Å². The van der Waals surface area contributed by atoms with Crippen LogP contribution < -0.4 is 0 Å². The van der Waals surface area contributed by atoms with Crippen LogP contribution in [0, 0.1) is 12.8 Å². The van der Waals surface area contributed by atoms with Gasteiger partial charge >= 0.3 is 0 Å². The summed E-state index contributed by atoms with van der Waals surface area (Å²) in [5.41, 5.74) is 2.30. The summed E-state index contributed by atoms with van der Waals surface area (Å²) in [5.74, 6) is 0.820. The van der Waals surface area contributed by atoms with E-state index in [0.29, 0.717) is 18.1 Å². The predicted molar refractivity (Wildman–Crippen MR) is 62.2 cm³/mol. The number of carbonyl (C=O) groups is 1. The minimum absolute atomic E-state index is 0.387. The maximum atomic E-state index is 11.5. The zero-order valence-corrected chi connectivity index (χ0v) is 9.68. The number of benzene rings is 1. The van der Waals surface area contributed by atoms with E-state index in [1.54, 1.807) is 0 Å². The molecule has 0 amide bonds. The van der Waals surface area contributed by atoms with Crippen LogP contribution in [-0.2, 0) is 11.2 Å². The Bertz CT molecular complexity index is 380. The van der Waals surface area contributed by atoms with Gasteiger partial charge in [0, 0.05) is 17.4 Å². The lowest BCUT2D eigenvalue weighted by atomic mass is 10.0. The van der Waals surface area contributed by atoms with Gasteiger partial charge in [0.1, 0.15) is 5.78 Å². The van der Waals surface area contributed by atoms with Crippen molar-refractivity contribution >= 4 is 17.4 Å². The molecule has 1 fully saturated rings. The number of hydrogen-bond acceptors (Lipinski definition) is 1. The van der Waals surface area contributed by atoms with Crippen molar-refractivity contribution in [1.82, 2.24) is 0 Å². The van der Waals surface area contributed by atoms with Crippen LogP contribution in [0.25, 0.3) is 0 Å². The first-order chi connectivity index (χ1) is 7.16. The van der Waals surface area contributed by atoms with Gasteiger partial charge in [-0.05, 0) is 43.4 Å². The summed E-state index contributed by atoms with van der Waals surface area (Å²) in [6, 6.07) is 5.99. The lowest BCUT2D eigenvalue weighted by Crippen LogP contribution is -2.02. The Morgan fingerprint density at radius 2 is 2.20 bits per heavy atom. The van der Waals surface area contributed by atoms with Gasteiger partial charge in [-0.25, -0.2) is 0 Å². The van der Waals surface area contributed by atoms with Gasteiger partial charge in [0.05, 0.1) is 0 Å². The van der Waals surface area contributed by atoms with Crippen LogP contribution in [0.5, 0.6) is 0 Å². The first kappa shape index (κ1) is 10.7. The van der Waals surface area contributed by atoms with Gasteiger partial charge in [0.25, 0.3) is 0 Å². The second-order valence-electron chi connectivity index (χ2n) is 4.32. The van der Waals surface area contributed by atoms with Gasteiger partial charge in [-0.2, -0.15) is 0 Å². The van der Waals surface area contributed by atoms with E-state index in [0.717, 1.165) is 29.8 Å². The molecule has 1 nitrogen and oxygen atoms in total. The zero-order chi connectivity index (χ0) is 10.8. The minimum atomic E-state index is 0.387. The summed E-state index contributed by atoms with van der Waals surface area (Å²) in [5, 5.41) is 0.798. The topological polar surface area (TPSA) is 17.1 Å². The van der Waals surface area contributed by atoms with Crippen LogP contribution in [0.2, 0.25) is 5.02 Å². The first-order valence-electron chi connectivity index (χ1n) is 5.44.